The van der Waals surface area contributed by atoms with Crippen molar-refractivity contribution in [2.45, 2.75) is 9.79 Å². The van der Waals surface area contributed by atoms with Crippen LogP contribution in [0, 0.1) is 0 Å². The van der Waals surface area contributed by atoms with Crippen LogP contribution in [-0.4, -0.2) is 13.4 Å². The molecule has 0 N–H and O–H groups in total. The average molecular weight is 712 g/mol. The number of benzene rings is 9. The summed E-state index contributed by atoms with van der Waals surface area (Å²) < 4.78 is 0. The Balaban J connectivity index is 1.14. The molecule has 252 valence electrons. The zero-order chi connectivity index (χ0) is 35.8. The van der Waals surface area contributed by atoms with Crippen molar-refractivity contribution in [1.29, 1.82) is 0 Å². The highest BCUT2D eigenvalue weighted by molar-refractivity contribution is 8.00. The van der Waals surface area contributed by atoms with E-state index in [0.29, 0.717) is 0 Å². The number of rotatable bonds is 2. The van der Waals surface area contributed by atoms with E-state index < -0.39 is 0 Å². The Labute approximate surface area is 324 Å². The SMILES string of the molecule is c1ccc2c(c1)Sc1cc3c4c5c1B2c1ccccc1N5c1ccccc1B4c1ccccc1N3c1ccccc1-c1cccc2cc3ccccc3cc12. The van der Waals surface area contributed by atoms with E-state index in [1.54, 1.807) is 0 Å². The van der Waals surface area contributed by atoms with E-state index in [-0.39, 0.29) is 13.4 Å². The minimum absolute atomic E-state index is 0.0966. The molecule has 9 aromatic rings. The van der Waals surface area contributed by atoms with Crippen molar-refractivity contribution in [3.05, 3.63) is 182 Å². The van der Waals surface area contributed by atoms with Gasteiger partial charge in [0.25, 0.3) is 6.71 Å². The topological polar surface area (TPSA) is 6.48 Å². The van der Waals surface area contributed by atoms with Crippen LogP contribution in [0.25, 0.3) is 32.7 Å². The Bertz CT molecular complexity index is 3130. The van der Waals surface area contributed by atoms with Crippen LogP contribution in [-0.2, 0) is 0 Å². The van der Waals surface area contributed by atoms with Crippen molar-refractivity contribution >= 4 is 114 Å². The lowest BCUT2D eigenvalue weighted by Gasteiger charge is -2.49. The van der Waals surface area contributed by atoms with Gasteiger partial charge in [0, 0.05) is 43.8 Å². The summed E-state index contributed by atoms with van der Waals surface area (Å²) in [6.45, 7) is 0.258. The molecule has 0 aliphatic carbocycles. The first-order chi connectivity index (χ1) is 27.3. The molecule has 0 atom stereocenters. The van der Waals surface area contributed by atoms with Gasteiger partial charge in [-0.05, 0) is 103 Å². The fourth-order valence-electron chi connectivity index (χ4n) is 10.3. The lowest BCUT2D eigenvalue weighted by Crippen LogP contribution is -2.68. The molecule has 0 saturated heterocycles. The first-order valence-electron chi connectivity index (χ1n) is 19.2. The third-order valence-electron chi connectivity index (χ3n) is 12.5. The number of hydrogen-bond donors (Lipinski definition) is 0. The maximum atomic E-state index is 2.61. The van der Waals surface area contributed by atoms with Gasteiger partial charge in [-0.1, -0.05) is 151 Å². The van der Waals surface area contributed by atoms with Crippen molar-refractivity contribution in [3.8, 4) is 11.1 Å². The van der Waals surface area contributed by atoms with Crippen LogP contribution in [0.15, 0.2) is 192 Å². The monoisotopic (exact) mass is 712 g/mol. The first-order valence-corrected chi connectivity index (χ1v) is 20.0. The predicted octanol–water partition coefficient (Wildman–Crippen LogP) is 9.04. The summed E-state index contributed by atoms with van der Waals surface area (Å²) in [6, 6.07) is 68.3. The fourth-order valence-corrected chi connectivity index (χ4v) is 11.5. The molecule has 0 amide bonds. The molecule has 0 aromatic heterocycles. The van der Waals surface area contributed by atoms with Crippen LogP contribution >= 0.6 is 11.8 Å². The molecule has 0 saturated carbocycles. The molecule has 0 unspecified atom stereocenters. The third-order valence-corrected chi connectivity index (χ3v) is 13.6. The third kappa shape index (κ3) is 3.98. The zero-order valence-corrected chi connectivity index (χ0v) is 30.6. The molecule has 0 radical (unpaired) electrons. The van der Waals surface area contributed by atoms with E-state index in [1.807, 2.05) is 11.8 Å². The van der Waals surface area contributed by atoms with Crippen LogP contribution in [0.1, 0.15) is 0 Å². The molecule has 0 bridgehead atoms. The Morgan fingerprint density at radius 1 is 0.345 bits per heavy atom. The summed E-state index contributed by atoms with van der Waals surface area (Å²) in [5.74, 6) is 0. The maximum Gasteiger partial charge on any atom is 0.252 e. The van der Waals surface area contributed by atoms with Gasteiger partial charge in [-0.15, -0.1) is 0 Å². The summed E-state index contributed by atoms with van der Waals surface area (Å²) in [4.78, 5) is 7.89. The largest absolute Gasteiger partial charge is 0.312 e. The highest BCUT2D eigenvalue weighted by Crippen LogP contribution is 2.50. The van der Waals surface area contributed by atoms with Crippen molar-refractivity contribution in [3.63, 3.8) is 0 Å². The second kappa shape index (κ2) is 11.1. The second-order valence-corrected chi connectivity index (χ2v) is 16.2. The lowest BCUT2D eigenvalue weighted by atomic mass is 9.29. The van der Waals surface area contributed by atoms with Gasteiger partial charge in [-0.2, -0.15) is 0 Å². The number of hydrogen-bond acceptors (Lipinski definition) is 3. The predicted molar refractivity (Wildman–Crippen MR) is 236 cm³/mol. The fraction of sp³-hybridized carbons (Fsp3) is 0. The van der Waals surface area contributed by atoms with Gasteiger partial charge in [0.2, 0.25) is 6.71 Å². The van der Waals surface area contributed by atoms with Crippen LogP contribution in [0.4, 0.5) is 34.1 Å². The molecule has 5 heteroatoms. The van der Waals surface area contributed by atoms with Gasteiger partial charge in [-0.3, -0.25) is 0 Å². The average Bonchev–Trinajstić information content (AvgIpc) is 3.25. The van der Waals surface area contributed by atoms with Crippen molar-refractivity contribution in [2.24, 2.45) is 0 Å². The van der Waals surface area contributed by atoms with Gasteiger partial charge in [-0.25, -0.2) is 0 Å². The minimum Gasteiger partial charge on any atom is -0.312 e. The molecule has 13 rings (SSSR count). The van der Waals surface area contributed by atoms with Gasteiger partial charge in [0.1, 0.15) is 0 Å². The van der Waals surface area contributed by atoms with Crippen molar-refractivity contribution in [2.75, 3.05) is 9.80 Å². The molecule has 4 heterocycles. The van der Waals surface area contributed by atoms with E-state index in [4.69, 9.17) is 0 Å². The number of anilines is 6. The van der Waals surface area contributed by atoms with E-state index in [0.717, 1.165) is 0 Å². The van der Waals surface area contributed by atoms with Crippen LogP contribution < -0.4 is 42.6 Å². The molecular weight excluding hydrogens is 682 g/mol. The van der Waals surface area contributed by atoms with Crippen molar-refractivity contribution < 1.29 is 0 Å². The number of fused-ring (bicyclic) bond motifs is 12. The summed E-state index contributed by atoms with van der Waals surface area (Å²) in [5.41, 5.74) is 18.4. The second-order valence-electron chi connectivity index (χ2n) is 15.2. The number of para-hydroxylation sites is 4. The smallest absolute Gasteiger partial charge is 0.252 e. The van der Waals surface area contributed by atoms with Gasteiger partial charge in [0.15, 0.2) is 0 Å². The molecule has 4 aliphatic heterocycles. The van der Waals surface area contributed by atoms with Crippen LogP contribution in [0.3, 0.4) is 0 Å². The van der Waals surface area contributed by atoms with Gasteiger partial charge >= 0.3 is 0 Å². The molecule has 9 aromatic carbocycles. The minimum atomic E-state index is 0.0966. The van der Waals surface area contributed by atoms with Gasteiger partial charge in [0.05, 0.1) is 5.69 Å². The van der Waals surface area contributed by atoms with Crippen LogP contribution in [0.2, 0.25) is 0 Å². The quantitative estimate of drug-likeness (QED) is 0.131. The molecular formula is C50H30B2N2S. The van der Waals surface area contributed by atoms with Crippen molar-refractivity contribution in [1.82, 2.24) is 0 Å². The molecule has 0 spiro atoms. The maximum absolute atomic E-state index is 2.61. The molecule has 2 nitrogen and oxygen atoms in total. The molecule has 0 fully saturated rings. The van der Waals surface area contributed by atoms with E-state index in [9.17, 15) is 0 Å². The molecule has 4 aliphatic rings. The number of nitrogens with zero attached hydrogens (tertiary/aromatic N) is 2. The first kappa shape index (κ1) is 30.0. The Morgan fingerprint density at radius 2 is 0.873 bits per heavy atom. The lowest BCUT2D eigenvalue weighted by molar-refractivity contribution is 1.23. The summed E-state index contributed by atoms with van der Waals surface area (Å²) in [6.07, 6.45) is 0. The standard InChI is InChI=1S/C50H30B2N2S/c1-2-15-32-29-36-33(28-31(32)14-1)16-13-18-34(36)35-17-3-8-23-41(35)53-42-24-9-4-19-37(42)51-38-20-5-10-25-43(38)54-44-26-11-6-21-39(44)52-40-22-7-12-27-46(40)55-47-30-45(53)48(51)50(54)49(47)52/h1-30H. The van der Waals surface area contributed by atoms with E-state index in [2.05, 4.69) is 192 Å². The highest BCUT2D eigenvalue weighted by atomic mass is 32.2. The highest BCUT2D eigenvalue weighted by Gasteiger charge is 2.50. The Morgan fingerprint density at radius 3 is 1.60 bits per heavy atom. The summed E-state index contributed by atoms with van der Waals surface area (Å²) in [5, 5.41) is 5.05. The summed E-state index contributed by atoms with van der Waals surface area (Å²) in [7, 11) is 0. The molecule has 55 heavy (non-hydrogen) atoms. The Kier molecular flexibility index (Phi) is 6.03. The Hall–Kier alpha value is -6.42. The van der Waals surface area contributed by atoms with E-state index in [1.165, 1.54) is 109 Å². The van der Waals surface area contributed by atoms with E-state index >= 15 is 0 Å². The van der Waals surface area contributed by atoms with Crippen LogP contribution in [0.5, 0.6) is 0 Å². The normalized spacial score (nSPS) is 14.0. The van der Waals surface area contributed by atoms with Gasteiger partial charge < -0.3 is 9.80 Å². The summed E-state index contributed by atoms with van der Waals surface area (Å²) >= 11 is 1.93. The zero-order valence-electron chi connectivity index (χ0n) is 29.8.